The van der Waals surface area contributed by atoms with E-state index in [-0.39, 0.29) is 64.6 Å². The number of benzene rings is 1. The third-order valence-corrected chi connectivity index (χ3v) is 20.4. The van der Waals surface area contributed by atoms with Gasteiger partial charge in [-0.2, -0.15) is 0 Å². The lowest BCUT2D eigenvalue weighted by atomic mass is 9.81. The summed E-state index contributed by atoms with van der Waals surface area (Å²) in [6.07, 6.45) is 3.15. The molecule has 9 heteroatoms. The molecule has 2 rings (SSSR count). The molecule has 0 aromatic heterocycles. The van der Waals surface area contributed by atoms with Crippen LogP contribution in [0.3, 0.4) is 0 Å². The number of methoxy groups -OCH3 is 1. The highest BCUT2D eigenvalue weighted by Gasteiger charge is 2.45. The average Bonchev–Trinajstić information content (AvgIpc) is 3.00. The monoisotopic (exact) mass is 722 g/mol. The van der Waals surface area contributed by atoms with Crippen molar-refractivity contribution in [3.8, 4) is 5.75 Å². The molecule has 7 nitrogen and oxygen atoms in total. The van der Waals surface area contributed by atoms with E-state index >= 15 is 0 Å². The van der Waals surface area contributed by atoms with Gasteiger partial charge in [-0.05, 0) is 79.1 Å². The Hall–Kier alpha value is -1.05. The zero-order chi connectivity index (χ0) is 37.5. The van der Waals surface area contributed by atoms with Crippen molar-refractivity contribution in [2.45, 2.75) is 157 Å². The highest BCUT2D eigenvalue weighted by molar-refractivity contribution is 6.74. The second kappa shape index (κ2) is 18.1. The highest BCUT2D eigenvalue weighted by atomic mass is 28.4. The number of aliphatic hydroxyl groups is 1. The summed E-state index contributed by atoms with van der Waals surface area (Å²) in [5.41, 5.74) is 2.36. The molecule has 1 N–H and O–H groups in total. The molecule has 0 amide bonds. The summed E-state index contributed by atoms with van der Waals surface area (Å²) in [5.74, 6) is 1.59. The van der Waals surface area contributed by atoms with Crippen molar-refractivity contribution in [3.63, 3.8) is 0 Å². The molecule has 1 saturated heterocycles. The van der Waals surface area contributed by atoms with Crippen LogP contribution in [0.15, 0.2) is 35.9 Å². The Morgan fingerprint density at radius 3 is 1.92 bits per heavy atom. The van der Waals surface area contributed by atoms with Gasteiger partial charge in [-0.1, -0.05) is 99.9 Å². The highest BCUT2D eigenvalue weighted by Crippen LogP contribution is 2.42. The lowest BCUT2D eigenvalue weighted by molar-refractivity contribution is -0.355. The van der Waals surface area contributed by atoms with Crippen LogP contribution in [-0.2, 0) is 29.7 Å². The Bertz CT molecular complexity index is 1150. The summed E-state index contributed by atoms with van der Waals surface area (Å²) >= 11 is 0. The van der Waals surface area contributed by atoms with Gasteiger partial charge in [0, 0.05) is 24.4 Å². The molecule has 1 aromatic carbocycles. The van der Waals surface area contributed by atoms with E-state index in [4.69, 9.17) is 27.8 Å². The van der Waals surface area contributed by atoms with Crippen LogP contribution in [0.25, 0.3) is 0 Å². The Kier molecular flexibility index (Phi) is 16.3. The van der Waals surface area contributed by atoms with Crippen LogP contribution in [-0.4, -0.2) is 66.9 Å². The molecule has 0 saturated carbocycles. The van der Waals surface area contributed by atoms with Crippen LogP contribution in [0.5, 0.6) is 5.75 Å². The molecule has 0 bridgehead atoms. The second-order valence-electron chi connectivity index (χ2n) is 18.1. The van der Waals surface area contributed by atoms with Crippen LogP contribution >= 0.6 is 0 Å². The van der Waals surface area contributed by atoms with Gasteiger partial charge in [-0.3, -0.25) is 0 Å². The largest absolute Gasteiger partial charge is 0.497 e. The van der Waals surface area contributed by atoms with Gasteiger partial charge in [0.15, 0.2) is 16.6 Å². The molecule has 0 aliphatic carbocycles. The summed E-state index contributed by atoms with van der Waals surface area (Å²) in [6, 6.07) is 7.87. The third-order valence-electron chi connectivity index (χ3n) is 11.5. The van der Waals surface area contributed by atoms with Gasteiger partial charge in [-0.15, -0.1) is 0 Å². The van der Waals surface area contributed by atoms with Crippen LogP contribution in [0.2, 0.25) is 36.3 Å². The number of hydrogen-bond acceptors (Lipinski definition) is 7. The van der Waals surface area contributed by atoms with Crippen molar-refractivity contribution >= 4 is 16.6 Å². The fourth-order valence-corrected chi connectivity index (χ4v) is 9.25. The summed E-state index contributed by atoms with van der Waals surface area (Å²) in [6.45, 7) is 36.8. The van der Waals surface area contributed by atoms with Crippen molar-refractivity contribution in [1.29, 1.82) is 0 Å². The minimum atomic E-state index is -2.12. The lowest BCUT2D eigenvalue weighted by Crippen LogP contribution is -2.52. The SMILES string of the molecule is COc1ccc(CO[C@H]2OC[C@H](C)[C@@H]([C@@H](C)[C@H](O[Si](C)(C)C(C)(C)C)[C@@H](C)C/C(C)=C\[C@H](C)[C@@H](O[Si](C)(C)C(C)(C)C)[C@@H](C)CO)O2)cc1. The van der Waals surface area contributed by atoms with Gasteiger partial charge < -0.3 is 32.9 Å². The van der Waals surface area contributed by atoms with E-state index in [2.05, 4.69) is 115 Å². The average molecular weight is 723 g/mol. The molecule has 0 spiro atoms. The Morgan fingerprint density at radius 1 is 0.898 bits per heavy atom. The Morgan fingerprint density at radius 2 is 1.43 bits per heavy atom. The molecule has 0 radical (unpaired) electrons. The quantitative estimate of drug-likeness (QED) is 0.127. The first-order chi connectivity index (χ1) is 22.4. The van der Waals surface area contributed by atoms with Gasteiger partial charge in [0.2, 0.25) is 0 Å². The van der Waals surface area contributed by atoms with E-state index < -0.39 is 23.1 Å². The predicted molar refractivity (Wildman–Crippen MR) is 208 cm³/mol. The number of aliphatic hydroxyl groups excluding tert-OH is 1. The van der Waals surface area contributed by atoms with E-state index in [0.29, 0.717) is 13.2 Å². The van der Waals surface area contributed by atoms with Crippen LogP contribution in [0.4, 0.5) is 0 Å². The third kappa shape index (κ3) is 12.5. The van der Waals surface area contributed by atoms with Crippen molar-refractivity contribution < 1.29 is 32.9 Å². The van der Waals surface area contributed by atoms with Crippen molar-refractivity contribution in [1.82, 2.24) is 0 Å². The molecule has 284 valence electrons. The smallest absolute Gasteiger partial charge is 0.272 e. The molecule has 1 aromatic rings. The first kappa shape index (κ1) is 44.1. The van der Waals surface area contributed by atoms with Crippen LogP contribution in [0, 0.1) is 29.6 Å². The number of hydrogen-bond donors (Lipinski definition) is 1. The molecule has 1 fully saturated rings. The summed E-state index contributed by atoms with van der Waals surface area (Å²) < 4.78 is 38.3. The zero-order valence-corrected chi connectivity index (χ0v) is 36.3. The Labute approximate surface area is 303 Å². The number of allylic oxidation sites excluding steroid dienone is 1. The van der Waals surface area contributed by atoms with Crippen LogP contribution in [0.1, 0.15) is 95.1 Å². The molecule has 1 aliphatic rings. The predicted octanol–water partition coefficient (Wildman–Crippen LogP) is 10.2. The maximum atomic E-state index is 10.2. The number of ether oxygens (including phenoxy) is 4. The van der Waals surface area contributed by atoms with Gasteiger partial charge in [-0.25, -0.2) is 0 Å². The Balaban J connectivity index is 2.30. The normalized spacial score (nSPS) is 23.8. The van der Waals surface area contributed by atoms with Gasteiger partial charge in [0.05, 0.1) is 38.6 Å². The first-order valence-corrected chi connectivity index (χ1v) is 24.4. The van der Waals surface area contributed by atoms with Crippen molar-refractivity contribution in [3.05, 3.63) is 41.5 Å². The van der Waals surface area contributed by atoms with E-state index in [1.807, 2.05) is 24.3 Å². The number of rotatable bonds is 17. The van der Waals surface area contributed by atoms with E-state index in [1.54, 1.807) is 7.11 Å². The standard InChI is InChI=1S/C40H74O7Si2/c1-27(22-28(2)35(30(4)24-41)46-48(14,15)39(7,8)9)23-29(3)37(47-49(16,17)40(10,11)12)32(6)36-31(5)25-43-38(45-36)44-26-33-18-20-34(42-13)21-19-33/h18-22,28-32,35-38,41H,23-26H2,1-17H3/b27-22-/t28-,29-,30-,31-,32+,35+,36-,37+,38+/m0/s1. The summed E-state index contributed by atoms with van der Waals surface area (Å²) in [5, 5.41) is 10.4. The topological polar surface area (TPSA) is 75.6 Å². The molecule has 1 aliphatic heterocycles. The summed E-state index contributed by atoms with van der Waals surface area (Å²) in [4.78, 5) is 0. The van der Waals surface area contributed by atoms with Gasteiger partial charge in [0.1, 0.15) is 5.75 Å². The molecule has 0 unspecified atom stereocenters. The van der Waals surface area contributed by atoms with Crippen LogP contribution < -0.4 is 4.74 Å². The van der Waals surface area contributed by atoms with Gasteiger partial charge >= 0.3 is 0 Å². The molecular formula is C40H74O7Si2. The van der Waals surface area contributed by atoms with Crippen molar-refractivity contribution in [2.24, 2.45) is 29.6 Å². The minimum absolute atomic E-state index is 0.0111. The maximum absolute atomic E-state index is 10.2. The van der Waals surface area contributed by atoms with E-state index in [9.17, 15) is 5.11 Å². The molecule has 49 heavy (non-hydrogen) atoms. The fourth-order valence-electron chi connectivity index (χ4n) is 6.29. The van der Waals surface area contributed by atoms with E-state index in [1.165, 1.54) is 5.57 Å². The zero-order valence-electron chi connectivity index (χ0n) is 34.3. The second-order valence-corrected chi connectivity index (χ2v) is 27.6. The fraction of sp³-hybridized carbons (Fsp3) is 0.800. The molecule has 9 atom stereocenters. The van der Waals surface area contributed by atoms with E-state index in [0.717, 1.165) is 17.7 Å². The maximum Gasteiger partial charge on any atom is 0.272 e. The van der Waals surface area contributed by atoms with Crippen molar-refractivity contribution in [2.75, 3.05) is 20.3 Å². The molecule has 1 heterocycles. The lowest BCUT2D eigenvalue weighted by Gasteiger charge is -2.46. The first-order valence-electron chi connectivity index (χ1n) is 18.6. The summed E-state index contributed by atoms with van der Waals surface area (Å²) in [7, 11) is -2.48. The molecular weight excluding hydrogens is 649 g/mol. The minimum Gasteiger partial charge on any atom is -0.497 e. The van der Waals surface area contributed by atoms with Gasteiger partial charge in [0.25, 0.3) is 6.48 Å².